The Morgan fingerprint density at radius 3 is 2.77 bits per heavy atom. The zero-order valence-electron chi connectivity index (χ0n) is 16.2. The first-order chi connectivity index (χ1) is 14.6. The molecule has 2 heterocycles. The lowest BCUT2D eigenvalue weighted by Gasteiger charge is -2.25. The molecule has 1 aliphatic heterocycles. The summed E-state index contributed by atoms with van der Waals surface area (Å²) in [6.45, 7) is 2.62. The summed E-state index contributed by atoms with van der Waals surface area (Å²) in [6.07, 6.45) is 3.59. The second-order valence-electron chi connectivity index (χ2n) is 6.97. The van der Waals surface area contributed by atoms with Gasteiger partial charge in [0.2, 0.25) is 5.91 Å². The SMILES string of the molecule is O=C(/C=C/c1ccccc1[N+](=O)[O-])Nc1nc2c(s1)CN(Cc1ccccc1)CC2. The normalized spacial score (nSPS) is 13.9. The van der Waals surface area contributed by atoms with Gasteiger partial charge in [0.1, 0.15) is 0 Å². The third-order valence-electron chi connectivity index (χ3n) is 4.84. The van der Waals surface area contributed by atoms with Crippen LogP contribution in [-0.2, 0) is 24.3 Å². The second-order valence-corrected chi connectivity index (χ2v) is 8.06. The summed E-state index contributed by atoms with van der Waals surface area (Å²) in [5.74, 6) is -0.361. The predicted octanol–water partition coefficient (Wildman–Crippen LogP) is 4.26. The third-order valence-corrected chi connectivity index (χ3v) is 5.83. The quantitative estimate of drug-likeness (QED) is 0.366. The molecule has 0 spiro atoms. The van der Waals surface area contributed by atoms with Crippen LogP contribution < -0.4 is 5.32 Å². The Morgan fingerprint density at radius 2 is 1.97 bits per heavy atom. The van der Waals surface area contributed by atoms with E-state index in [1.54, 1.807) is 18.2 Å². The van der Waals surface area contributed by atoms with Crippen molar-refractivity contribution < 1.29 is 9.72 Å². The van der Waals surface area contributed by atoms with E-state index in [1.807, 2.05) is 18.2 Å². The van der Waals surface area contributed by atoms with Crippen molar-refractivity contribution >= 4 is 34.1 Å². The van der Waals surface area contributed by atoms with Gasteiger partial charge < -0.3 is 0 Å². The first kappa shape index (κ1) is 19.9. The summed E-state index contributed by atoms with van der Waals surface area (Å²) < 4.78 is 0. The Kier molecular flexibility index (Phi) is 5.97. The number of anilines is 1. The lowest BCUT2D eigenvalue weighted by molar-refractivity contribution is -0.385. The van der Waals surface area contributed by atoms with Crippen molar-refractivity contribution in [3.8, 4) is 0 Å². The molecule has 1 N–H and O–H groups in total. The third kappa shape index (κ3) is 4.79. The van der Waals surface area contributed by atoms with Crippen molar-refractivity contribution in [3.05, 3.63) is 92.5 Å². The van der Waals surface area contributed by atoms with Gasteiger partial charge in [-0.2, -0.15) is 0 Å². The van der Waals surface area contributed by atoms with E-state index in [4.69, 9.17) is 0 Å². The minimum atomic E-state index is -0.465. The number of thiazole rings is 1. The van der Waals surface area contributed by atoms with Crippen LogP contribution >= 0.6 is 11.3 Å². The molecule has 1 aliphatic rings. The molecule has 0 saturated heterocycles. The first-order valence-electron chi connectivity index (χ1n) is 9.56. The van der Waals surface area contributed by atoms with Crippen molar-refractivity contribution in [2.75, 3.05) is 11.9 Å². The van der Waals surface area contributed by atoms with Crippen molar-refractivity contribution in [1.29, 1.82) is 0 Å². The highest BCUT2D eigenvalue weighted by atomic mass is 32.1. The van der Waals surface area contributed by atoms with Crippen LogP contribution in [0.3, 0.4) is 0 Å². The molecule has 0 saturated carbocycles. The van der Waals surface area contributed by atoms with E-state index < -0.39 is 4.92 Å². The van der Waals surface area contributed by atoms with Crippen LogP contribution in [0.1, 0.15) is 21.7 Å². The molecule has 0 bridgehead atoms. The van der Waals surface area contributed by atoms with E-state index in [0.29, 0.717) is 10.7 Å². The number of carbonyl (C=O) groups excluding carboxylic acids is 1. The fourth-order valence-corrected chi connectivity index (χ4v) is 4.44. The molecule has 4 rings (SSSR count). The first-order valence-corrected chi connectivity index (χ1v) is 10.4. The number of nitrogens with zero attached hydrogens (tertiary/aromatic N) is 3. The topological polar surface area (TPSA) is 88.4 Å². The Bertz CT molecular complexity index is 1090. The van der Waals surface area contributed by atoms with Gasteiger partial charge in [0.05, 0.1) is 16.2 Å². The maximum Gasteiger partial charge on any atom is 0.276 e. The zero-order chi connectivity index (χ0) is 20.9. The van der Waals surface area contributed by atoms with Gasteiger partial charge in [-0.15, -0.1) is 11.3 Å². The lowest BCUT2D eigenvalue weighted by atomic mass is 10.1. The number of nitro benzene ring substituents is 1. The summed E-state index contributed by atoms with van der Waals surface area (Å²) >= 11 is 1.48. The van der Waals surface area contributed by atoms with Gasteiger partial charge in [0.15, 0.2) is 5.13 Å². The molecule has 0 unspecified atom stereocenters. The second kappa shape index (κ2) is 8.98. The molecule has 0 fully saturated rings. The Balaban J connectivity index is 1.39. The summed E-state index contributed by atoms with van der Waals surface area (Å²) in [7, 11) is 0. The summed E-state index contributed by atoms with van der Waals surface area (Å²) in [4.78, 5) is 31.0. The number of rotatable bonds is 6. The molecule has 0 atom stereocenters. The number of hydrogen-bond acceptors (Lipinski definition) is 6. The number of hydrogen-bond donors (Lipinski definition) is 1. The number of benzene rings is 2. The Hall–Kier alpha value is -3.36. The van der Waals surface area contributed by atoms with E-state index in [2.05, 4.69) is 27.3 Å². The fourth-order valence-electron chi connectivity index (χ4n) is 3.39. The predicted molar refractivity (Wildman–Crippen MR) is 117 cm³/mol. The summed E-state index contributed by atoms with van der Waals surface area (Å²) in [5, 5.41) is 14.4. The highest BCUT2D eigenvalue weighted by molar-refractivity contribution is 7.15. The van der Waals surface area contributed by atoms with E-state index in [1.165, 1.54) is 35.1 Å². The standard InChI is InChI=1S/C22H20N4O3S/c27-21(11-10-17-8-4-5-9-19(17)26(28)29)24-22-23-18-12-13-25(15-20(18)30-22)14-16-6-2-1-3-7-16/h1-11H,12-15H2,(H,23,24,27)/b11-10+. The summed E-state index contributed by atoms with van der Waals surface area (Å²) in [5.41, 5.74) is 2.65. The van der Waals surface area contributed by atoms with Crippen LogP contribution in [0.25, 0.3) is 6.08 Å². The summed E-state index contributed by atoms with van der Waals surface area (Å²) in [6, 6.07) is 16.6. The number of para-hydroxylation sites is 1. The molecule has 7 nitrogen and oxygen atoms in total. The molecular weight excluding hydrogens is 400 g/mol. The number of nitrogens with one attached hydrogen (secondary N) is 1. The van der Waals surface area contributed by atoms with Gasteiger partial charge in [0, 0.05) is 43.1 Å². The molecule has 3 aromatic rings. The van der Waals surface area contributed by atoms with Gasteiger partial charge in [-0.25, -0.2) is 4.98 Å². The molecule has 152 valence electrons. The Morgan fingerprint density at radius 1 is 1.20 bits per heavy atom. The van der Waals surface area contributed by atoms with Crippen molar-refractivity contribution in [3.63, 3.8) is 0 Å². The largest absolute Gasteiger partial charge is 0.298 e. The van der Waals surface area contributed by atoms with E-state index >= 15 is 0 Å². The van der Waals surface area contributed by atoms with Crippen LogP contribution in [0.15, 0.2) is 60.7 Å². The monoisotopic (exact) mass is 420 g/mol. The van der Waals surface area contributed by atoms with Gasteiger partial charge in [-0.05, 0) is 17.7 Å². The van der Waals surface area contributed by atoms with Gasteiger partial charge in [0.25, 0.3) is 5.69 Å². The molecular formula is C22H20N4O3S. The molecule has 2 aromatic carbocycles. The van der Waals surface area contributed by atoms with E-state index in [9.17, 15) is 14.9 Å². The Labute approximate surface area is 177 Å². The minimum absolute atomic E-state index is 0.0372. The maximum absolute atomic E-state index is 12.3. The maximum atomic E-state index is 12.3. The molecule has 1 aromatic heterocycles. The fraction of sp³-hybridized carbons (Fsp3) is 0.182. The molecule has 0 radical (unpaired) electrons. The number of amides is 1. The molecule has 1 amide bonds. The number of carbonyl (C=O) groups is 1. The highest BCUT2D eigenvalue weighted by Crippen LogP contribution is 2.29. The minimum Gasteiger partial charge on any atom is -0.298 e. The highest BCUT2D eigenvalue weighted by Gasteiger charge is 2.21. The van der Waals surface area contributed by atoms with Crippen LogP contribution in [0.5, 0.6) is 0 Å². The van der Waals surface area contributed by atoms with Crippen molar-refractivity contribution in [2.24, 2.45) is 0 Å². The molecule has 30 heavy (non-hydrogen) atoms. The lowest BCUT2D eigenvalue weighted by Crippen LogP contribution is -2.29. The van der Waals surface area contributed by atoms with Crippen molar-refractivity contribution in [1.82, 2.24) is 9.88 Å². The average molecular weight is 420 g/mol. The van der Waals surface area contributed by atoms with E-state index in [0.717, 1.165) is 36.6 Å². The van der Waals surface area contributed by atoms with E-state index in [-0.39, 0.29) is 11.6 Å². The number of nitro groups is 1. The number of aromatic nitrogens is 1. The molecule has 8 heteroatoms. The van der Waals surface area contributed by atoms with Crippen LogP contribution in [-0.4, -0.2) is 27.3 Å². The smallest absolute Gasteiger partial charge is 0.276 e. The van der Waals surface area contributed by atoms with Crippen molar-refractivity contribution in [2.45, 2.75) is 19.5 Å². The van der Waals surface area contributed by atoms with Gasteiger partial charge in [-0.1, -0.05) is 42.5 Å². The van der Waals surface area contributed by atoms with Crippen LogP contribution in [0.4, 0.5) is 10.8 Å². The van der Waals surface area contributed by atoms with Crippen LogP contribution in [0, 0.1) is 10.1 Å². The zero-order valence-corrected chi connectivity index (χ0v) is 17.0. The number of fused-ring (bicyclic) bond motifs is 1. The molecule has 0 aliphatic carbocycles. The van der Waals surface area contributed by atoms with Gasteiger partial charge >= 0.3 is 0 Å². The van der Waals surface area contributed by atoms with Gasteiger partial charge in [-0.3, -0.25) is 25.1 Å². The van der Waals surface area contributed by atoms with Crippen LogP contribution in [0.2, 0.25) is 0 Å². The average Bonchev–Trinajstić information content (AvgIpc) is 3.14.